The van der Waals surface area contributed by atoms with E-state index in [4.69, 9.17) is 9.47 Å². The number of nitrogens with zero attached hydrogens (tertiary/aromatic N) is 2. The first kappa shape index (κ1) is 19.8. The SMILES string of the molecule is Cc1nc2sc(-c3ccccc3)cc2c(=O)n1CC(=O)OCCOc1ccccc1. The molecule has 0 aliphatic heterocycles. The first-order chi connectivity index (χ1) is 14.6. The maximum atomic E-state index is 12.9. The number of thiophene rings is 1. The van der Waals surface area contributed by atoms with Gasteiger partial charge in [0.1, 0.15) is 36.2 Å². The van der Waals surface area contributed by atoms with E-state index >= 15 is 0 Å². The van der Waals surface area contributed by atoms with E-state index in [9.17, 15) is 9.59 Å². The first-order valence-corrected chi connectivity index (χ1v) is 10.3. The number of benzene rings is 2. The van der Waals surface area contributed by atoms with E-state index in [-0.39, 0.29) is 25.3 Å². The Morgan fingerprint density at radius 1 is 1.03 bits per heavy atom. The van der Waals surface area contributed by atoms with Crippen molar-refractivity contribution < 1.29 is 14.3 Å². The molecule has 0 N–H and O–H groups in total. The van der Waals surface area contributed by atoms with Gasteiger partial charge in [0.25, 0.3) is 5.56 Å². The zero-order valence-corrected chi connectivity index (χ0v) is 17.2. The van der Waals surface area contributed by atoms with Crippen LogP contribution in [0, 0.1) is 6.92 Å². The monoisotopic (exact) mass is 420 g/mol. The molecule has 152 valence electrons. The van der Waals surface area contributed by atoms with E-state index in [2.05, 4.69) is 4.98 Å². The van der Waals surface area contributed by atoms with Gasteiger partial charge >= 0.3 is 5.97 Å². The van der Waals surface area contributed by atoms with Crippen molar-refractivity contribution >= 4 is 27.5 Å². The lowest BCUT2D eigenvalue weighted by Crippen LogP contribution is -2.28. The third-order valence-corrected chi connectivity index (χ3v) is 5.62. The van der Waals surface area contributed by atoms with Crippen LogP contribution in [0.3, 0.4) is 0 Å². The van der Waals surface area contributed by atoms with Crippen molar-refractivity contribution in [2.24, 2.45) is 0 Å². The molecular formula is C23H20N2O4S. The van der Waals surface area contributed by atoms with Gasteiger partial charge < -0.3 is 9.47 Å². The Balaban J connectivity index is 1.44. The molecule has 7 heteroatoms. The van der Waals surface area contributed by atoms with E-state index < -0.39 is 5.97 Å². The largest absolute Gasteiger partial charge is 0.490 e. The summed E-state index contributed by atoms with van der Waals surface area (Å²) in [5.74, 6) is 0.685. The van der Waals surface area contributed by atoms with Crippen molar-refractivity contribution in [2.75, 3.05) is 13.2 Å². The van der Waals surface area contributed by atoms with Crippen LogP contribution in [0.4, 0.5) is 0 Å². The van der Waals surface area contributed by atoms with Crippen LogP contribution in [0.5, 0.6) is 5.75 Å². The molecule has 0 atom stereocenters. The zero-order valence-electron chi connectivity index (χ0n) is 16.4. The summed E-state index contributed by atoms with van der Waals surface area (Å²) < 4.78 is 12.1. The molecule has 0 saturated carbocycles. The van der Waals surface area contributed by atoms with Crippen LogP contribution in [0.2, 0.25) is 0 Å². The van der Waals surface area contributed by atoms with Crippen LogP contribution in [0.15, 0.2) is 71.5 Å². The second-order valence-corrected chi connectivity index (χ2v) is 7.66. The average molecular weight is 420 g/mol. The highest BCUT2D eigenvalue weighted by atomic mass is 32.1. The number of aryl methyl sites for hydroxylation is 1. The number of carbonyl (C=O) groups is 1. The predicted molar refractivity (Wildman–Crippen MR) is 117 cm³/mol. The molecule has 0 saturated heterocycles. The summed E-state index contributed by atoms with van der Waals surface area (Å²) in [7, 11) is 0. The molecule has 0 fully saturated rings. The lowest BCUT2D eigenvalue weighted by Gasteiger charge is -2.10. The first-order valence-electron chi connectivity index (χ1n) is 9.52. The van der Waals surface area contributed by atoms with Crippen molar-refractivity contribution in [3.05, 3.63) is 82.9 Å². The fourth-order valence-electron chi connectivity index (χ4n) is 3.05. The van der Waals surface area contributed by atoms with Gasteiger partial charge in [-0.2, -0.15) is 0 Å². The molecule has 0 aliphatic carbocycles. The zero-order chi connectivity index (χ0) is 20.9. The highest BCUT2D eigenvalue weighted by Gasteiger charge is 2.15. The van der Waals surface area contributed by atoms with Crippen LogP contribution in [0.1, 0.15) is 5.82 Å². The molecule has 0 radical (unpaired) electrons. The third-order valence-electron chi connectivity index (χ3n) is 4.55. The fraction of sp³-hybridized carbons (Fsp3) is 0.174. The molecular weight excluding hydrogens is 400 g/mol. The minimum absolute atomic E-state index is 0.105. The molecule has 0 spiro atoms. The van der Waals surface area contributed by atoms with E-state index in [0.717, 1.165) is 10.4 Å². The van der Waals surface area contributed by atoms with Crippen molar-refractivity contribution in [1.82, 2.24) is 9.55 Å². The van der Waals surface area contributed by atoms with Gasteiger partial charge in [-0.3, -0.25) is 14.2 Å². The fourth-order valence-corrected chi connectivity index (χ4v) is 4.13. The Bertz CT molecular complexity index is 1220. The molecule has 0 bridgehead atoms. The van der Waals surface area contributed by atoms with Gasteiger partial charge in [0.15, 0.2) is 0 Å². The second-order valence-electron chi connectivity index (χ2n) is 6.63. The molecule has 30 heavy (non-hydrogen) atoms. The third kappa shape index (κ3) is 4.41. The number of esters is 1. The normalized spacial score (nSPS) is 10.8. The van der Waals surface area contributed by atoms with Crippen LogP contribution in [0.25, 0.3) is 20.7 Å². The number of carbonyl (C=O) groups excluding carboxylic acids is 1. The maximum Gasteiger partial charge on any atom is 0.326 e. The number of hydrogen-bond donors (Lipinski definition) is 0. The summed E-state index contributed by atoms with van der Waals surface area (Å²) in [5, 5.41) is 0.504. The number of rotatable bonds is 7. The summed E-state index contributed by atoms with van der Waals surface area (Å²) in [5.41, 5.74) is 0.787. The Morgan fingerprint density at radius 3 is 2.47 bits per heavy atom. The standard InChI is InChI=1S/C23H20N2O4S/c1-16-24-22-19(14-20(30-22)17-8-4-2-5-9-17)23(27)25(16)15-21(26)29-13-12-28-18-10-6-3-7-11-18/h2-11,14H,12-13,15H2,1H3. The molecule has 2 aromatic heterocycles. The summed E-state index contributed by atoms with van der Waals surface area (Å²) in [4.78, 5) is 31.3. The van der Waals surface area contributed by atoms with Crippen LogP contribution in [-0.4, -0.2) is 28.7 Å². The molecule has 0 aliphatic rings. The number of ether oxygens (including phenoxy) is 2. The lowest BCUT2D eigenvalue weighted by molar-refractivity contribution is -0.145. The van der Waals surface area contributed by atoms with Crippen molar-refractivity contribution in [2.45, 2.75) is 13.5 Å². The highest BCUT2D eigenvalue weighted by Crippen LogP contribution is 2.30. The van der Waals surface area contributed by atoms with Gasteiger partial charge in [-0.05, 0) is 30.7 Å². The van der Waals surface area contributed by atoms with E-state index in [1.807, 2.05) is 66.7 Å². The van der Waals surface area contributed by atoms with E-state index in [1.54, 1.807) is 6.92 Å². The number of hydrogen-bond acceptors (Lipinski definition) is 6. The Kier molecular flexibility index (Phi) is 5.90. The summed E-state index contributed by atoms with van der Waals surface area (Å²) in [6, 6.07) is 21.0. The van der Waals surface area contributed by atoms with E-state index in [1.165, 1.54) is 15.9 Å². The van der Waals surface area contributed by atoms with Gasteiger partial charge in [0, 0.05) is 4.88 Å². The Labute approximate surface area is 177 Å². The molecule has 4 rings (SSSR count). The number of fused-ring (bicyclic) bond motifs is 1. The number of aromatic nitrogens is 2. The quantitative estimate of drug-likeness (QED) is 0.333. The van der Waals surface area contributed by atoms with Crippen molar-refractivity contribution in [3.63, 3.8) is 0 Å². The average Bonchev–Trinajstić information content (AvgIpc) is 3.20. The maximum absolute atomic E-state index is 12.9. The minimum Gasteiger partial charge on any atom is -0.490 e. The molecule has 6 nitrogen and oxygen atoms in total. The molecule has 2 heterocycles. The van der Waals surface area contributed by atoms with Crippen molar-refractivity contribution in [3.8, 4) is 16.2 Å². The van der Waals surface area contributed by atoms with E-state index in [0.29, 0.717) is 21.8 Å². The summed E-state index contributed by atoms with van der Waals surface area (Å²) in [6.07, 6.45) is 0. The van der Waals surface area contributed by atoms with Gasteiger partial charge in [-0.1, -0.05) is 48.5 Å². The van der Waals surface area contributed by atoms with Gasteiger partial charge in [0.05, 0.1) is 5.39 Å². The van der Waals surface area contributed by atoms with Gasteiger partial charge in [0.2, 0.25) is 0 Å². The van der Waals surface area contributed by atoms with Crippen LogP contribution < -0.4 is 10.3 Å². The van der Waals surface area contributed by atoms with Crippen LogP contribution in [-0.2, 0) is 16.1 Å². The Morgan fingerprint density at radius 2 is 1.73 bits per heavy atom. The lowest BCUT2D eigenvalue weighted by atomic mass is 10.2. The van der Waals surface area contributed by atoms with Crippen LogP contribution >= 0.6 is 11.3 Å². The topological polar surface area (TPSA) is 70.4 Å². The molecule has 0 amide bonds. The highest BCUT2D eigenvalue weighted by molar-refractivity contribution is 7.21. The van der Waals surface area contributed by atoms with Crippen molar-refractivity contribution in [1.29, 1.82) is 0 Å². The van der Waals surface area contributed by atoms with Gasteiger partial charge in [-0.25, -0.2) is 4.98 Å². The molecule has 2 aromatic carbocycles. The Hall–Kier alpha value is -3.45. The van der Waals surface area contributed by atoms with Gasteiger partial charge in [-0.15, -0.1) is 11.3 Å². The summed E-state index contributed by atoms with van der Waals surface area (Å²) in [6.45, 7) is 1.88. The molecule has 4 aromatic rings. The smallest absolute Gasteiger partial charge is 0.326 e. The predicted octanol–water partition coefficient (Wildman–Crippen LogP) is 4.06. The molecule has 0 unspecified atom stereocenters. The number of para-hydroxylation sites is 1. The minimum atomic E-state index is -0.503. The second kappa shape index (κ2) is 8.92. The summed E-state index contributed by atoms with van der Waals surface area (Å²) >= 11 is 1.46.